The number of aliphatic hydroxyl groups excluding tert-OH is 2. The van der Waals surface area contributed by atoms with E-state index in [-0.39, 0.29) is 18.5 Å². The van der Waals surface area contributed by atoms with Crippen LogP contribution in [0.2, 0.25) is 0 Å². The molecule has 0 aromatic rings. The summed E-state index contributed by atoms with van der Waals surface area (Å²) >= 11 is 0. The minimum atomic E-state index is -0.663. The summed E-state index contributed by atoms with van der Waals surface area (Å²) in [6, 6.07) is -0.541. The molecule has 2 unspecified atom stereocenters. The Morgan fingerprint density at radius 3 is 0.968 bits per heavy atom. The zero-order valence-electron chi connectivity index (χ0n) is 42.8. The van der Waals surface area contributed by atoms with Gasteiger partial charge >= 0.3 is 5.97 Å². The van der Waals surface area contributed by atoms with Crippen LogP contribution in [0, 0.1) is 0 Å². The second kappa shape index (κ2) is 53.5. The van der Waals surface area contributed by atoms with E-state index in [1.54, 1.807) is 0 Å². The van der Waals surface area contributed by atoms with Crippen LogP contribution < -0.4 is 5.32 Å². The fourth-order valence-corrected chi connectivity index (χ4v) is 9.23. The molecule has 0 heterocycles. The van der Waals surface area contributed by atoms with Crippen LogP contribution in [0.15, 0.2) is 0 Å². The predicted molar refractivity (Wildman–Crippen MR) is 274 cm³/mol. The van der Waals surface area contributed by atoms with Crippen LogP contribution in [0.4, 0.5) is 0 Å². The molecule has 0 spiro atoms. The van der Waals surface area contributed by atoms with E-state index in [2.05, 4.69) is 19.2 Å². The largest absolute Gasteiger partial charge is 0.466 e. The van der Waals surface area contributed by atoms with Gasteiger partial charge in [0.1, 0.15) is 0 Å². The standard InChI is InChI=1S/C57H113NO5/c1-3-5-7-9-11-13-14-15-16-17-18-22-25-28-31-35-39-43-47-51-57(62)63-52-48-44-40-36-32-29-26-23-20-19-21-24-27-30-34-38-42-46-50-56(61)58-54(53-59)55(60)49-45-41-37-33-12-10-8-6-4-2/h54-55,59-60H,3-53H2,1-2H3,(H,58,61). The van der Waals surface area contributed by atoms with E-state index in [4.69, 9.17) is 4.74 Å². The van der Waals surface area contributed by atoms with Gasteiger partial charge in [0.2, 0.25) is 5.91 Å². The molecule has 0 rings (SSSR count). The first-order chi connectivity index (χ1) is 31.0. The quantitative estimate of drug-likeness (QED) is 0.0418. The lowest BCUT2D eigenvalue weighted by molar-refractivity contribution is -0.143. The van der Waals surface area contributed by atoms with Crippen LogP contribution in [0.1, 0.15) is 328 Å². The zero-order valence-corrected chi connectivity index (χ0v) is 42.8. The average Bonchev–Trinajstić information content (AvgIpc) is 3.28. The average molecular weight is 893 g/mol. The van der Waals surface area contributed by atoms with Crippen molar-refractivity contribution in [1.29, 1.82) is 0 Å². The van der Waals surface area contributed by atoms with Crippen LogP contribution in [0.25, 0.3) is 0 Å². The van der Waals surface area contributed by atoms with Gasteiger partial charge in [0.05, 0.1) is 25.4 Å². The molecule has 0 radical (unpaired) electrons. The van der Waals surface area contributed by atoms with Crippen molar-refractivity contribution >= 4 is 11.9 Å². The van der Waals surface area contributed by atoms with E-state index >= 15 is 0 Å². The lowest BCUT2D eigenvalue weighted by atomic mass is 10.0. The molecule has 0 aromatic heterocycles. The van der Waals surface area contributed by atoms with E-state index < -0.39 is 12.1 Å². The summed E-state index contributed by atoms with van der Waals surface area (Å²) in [6.07, 6.45) is 61.1. The molecule has 0 saturated heterocycles. The summed E-state index contributed by atoms with van der Waals surface area (Å²) in [7, 11) is 0. The third-order valence-electron chi connectivity index (χ3n) is 13.7. The first kappa shape index (κ1) is 61.9. The molecule has 376 valence electrons. The van der Waals surface area contributed by atoms with Crippen molar-refractivity contribution in [3.63, 3.8) is 0 Å². The third-order valence-corrected chi connectivity index (χ3v) is 13.7. The summed E-state index contributed by atoms with van der Waals surface area (Å²) in [6.45, 7) is 4.95. The highest BCUT2D eigenvalue weighted by atomic mass is 16.5. The van der Waals surface area contributed by atoms with Crippen LogP contribution in [-0.2, 0) is 14.3 Å². The van der Waals surface area contributed by atoms with Gasteiger partial charge in [-0.25, -0.2) is 0 Å². The molecule has 63 heavy (non-hydrogen) atoms. The van der Waals surface area contributed by atoms with Gasteiger partial charge < -0.3 is 20.3 Å². The Balaban J connectivity index is 3.33. The van der Waals surface area contributed by atoms with Crippen molar-refractivity contribution in [2.45, 2.75) is 341 Å². The second-order valence-corrected chi connectivity index (χ2v) is 20.0. The second-order valence-electron chi connectivity index (χ2n) is 20.0. The van der Waals surface area contributed by atoms with Gasteiger partial charge in [0.25, 0.3) is 0 Å². The van der Waals surface area contributed by atoms with Crippen molar-refractivity contribution in [3.05, 3.63) is 0 Å². The number of carbonyl (C=O) groups is 2. The van der Waals surface area contributed by atoms with Gasteiger partial charge in [-0.1, -0.05) is 290 Å². The molecule has 6 nitrogen and oxygen atoms in total. The van der Waals surface area contributed by atoms with Crippen LogP contribution in [-0.4, -0.2) is 47.4 Å². The highest BCUT2D eigenvalue weighted by Crippen LogP contribution is 2.18. The number of aliphatic hydroxyl groups is 2. The Morgan fingerprint density at radius 1 is 0.381 bits per heavy atom. The zero-order chi connectivity index (χ0) is 45.8. The van der Waals surface area contributed by atoms with Gasteiger partial charge in [0, 0.05) is 12.8 Å². The Hall–Kier alpha value is -1.14. The first-order valence-corrected chi connectivity index (χ1v) is 28.8. The molecule has 0 aliphatic rings. The normalized spacial score (nSPS) is 12.5. The maximum atomic E-state index is 12.4. The molecule has 0 saturated carbocycles. The van der Waals surface area contributed by atoms with E-state index in [0.29, 0.717) is 25.9 Å². The number of carbonyl (C=O) groups excluding carboxylic acids is 2. The number of hydrogen-bond donors (Lipinski definition) is 3. The number of hydrogen-bond acceptors (Lipinski definition) is 5. The minimum absolute atomic E-state index is 0.0126. The molecule has 0 aromatic carbocycles. The topological polar surface area (TPSA) is 95.9 Å². The van der Waals surface area contributed by atoms with Crippen LogP contribution in [0.5, 0.6) is 0 Å². The Labute approximate surface area is 394 Å². The number of rotatable bonds is 54. The Bertz CT molecular complexity index is 898. The molecular weight excluding hydrogens is 779 g/mol. The van der Waals surface area contributed by atoms with Gasteiger partial charge in [-0.05, 0) is 25.7 Å². The highest BCUT2D eigenvalue weighted by molar-refractivity contribution is 5.76. The van der Waals surface area contributed by atoms with E-state index in [1.807, 2.05) is 0 Å². The number of esters is 1. The van der Waals surface area contributed by atoms with E-state index in [0.717, 1.165) is 38.5 Å². The molecule has 6 heteroatoms. The van der Waals surface area contributed by atoms with Crippen molar-refractivity contribution in [1.82, 2.24) is 5.32 Å². The Morgan fingerprint density at radius 2 is 0.651 bits per heavy atom. The number of ether oxygens (including phenoxy) is 1. The number of nitrogens with one attached hydrogen (secondary N) is 1. The monoisotopic (exact) mass is 892 g/mol. The molecule has 3 N–H and O–H groups in total. The van der Waals surface area contributed by atoms with Crippen molar-refractivity contribution in [3.8, 4) is 0 Å². The summed E-state index contributed by atoms with van der Waals surface area (Å²) in [4.78, 5) is 24.5. The minimum Gasteiger partial charge on any atom is -0.466 e. The van der Waals surface area contributed by atoms with Crippen LogP contribution >= 0.6 is 0 Å². The number of amides is 1. The molecule has 0 aliphatic heterocycles. The summed E-state index contributed by atoms with van der Waals surface area (Å²) in [5, 5.41) is 23.1. The maximum absolute atomic E-state index is 12.4. The Kier molecular flexibility index (Phi) is 52.5. The summed E-state index contributed by atoms with van der Waals surface area (Å²) in [5.41, 5.74) is 0. The van der Waals surface area contributed by atoms with Gasteiger partial charge in [-0.2, -0.15) is 0 Å². The maximum Gasteiger partial charge on any atom is 0.305 e. The number of unbranched alkanes of at least 4 members (excludes halogenated alkanes) is 43. The molecule has 0 aliphatic carbocycles. The highest BCUT2D eigenvalue weighted by Gasteiger charge is 2.20. The van der Waals surface area contributed by atoms with Crippen molar-refractivity contribution in [2.24, 2.45) is 0 Å². The summed E-state index contributed by atoms with van der Waals surface area (Å²) < 4.78 is 5.50. The SMILES string of the molecule is CCCCCCCCCCCCCCCCCCCCCC(=O)OCCCCCCCCCCCCCCCCCCCCC(=O)NC(CO)C(O)CCCCCCCCCCC. The van der Waals surface area contributed by atoms with Gasteiger partial charge in [-0.15, -0.1) is 0 Å². The van der Waals surface area contributed by atoms with Gasteiger partial charge in [0.15, 0.2) is 0 Å². The van der Waals surface area contributed by atoms with Gasteiger partial charge in [-0.3, -0.25) is 9.59 Å². The first-order valence-electron chi connectivity index (χ1n) is 28.8. The fourth-order valence-electron chi connectivity index (χ4n) is 9.23. The molecule has 0 fully saturated rings. The fraction of sp³-hybridized carbons (Fsp3) is 0.965. The molecule has 0 bridgehead atoms. The van der Waals surface area contributed by atoms with E-state index in [1.165, 1.54) is 257 Å². The van der Waals surface area contributed by atoms with E-state index in [9.17, 15) is 19.8 Å². The van der Waals surface area contributed by atoms with Crippen molar-refractivity contribution in [2.75, 3.05) is 13.2 Å². The third kappa shape index (κ3) is 50.1. The van der Waals surface area contributed by atoms with Crippen molar-refractivity contribution < 1.29 is 24.5 Å². The lowest BCUT2D eigenvalue weighted by Gasteiger charge is -2.22. The lowest BCUT2D eigenvalue weighted by Crippen LogP contribution is -2.45. The molecule has 1 amide bonds. The molecular formula is C57H113NO5. The predicted octanol–water partition coefficient (Wildman–Crippen LogP) is 17.5. The summed E-state index contributed by atoms with van der Waals surface area (Å²) in [5.74, 6) is -0.0271. The van der Waals surface area contributed by atoms with Crippen LogP contribution in [0.3, 0.4) is 0 Å². The smallest absolute Gasteiger partial charge is 0.305 e. The molecule has 2 atom stereocenters.